The van der Waals surface area contributed by atoms with E-state index in [1.54, 1.807) is 6.08 Å². The fourth-order valence-electron chi connectivity index (χ4n) is 1.25. The van der Waals surface area contributed by atoms with Gasteiger partial charge in [0.1, 0.15) is 5.75 Å². The van der Waals surface area contributed by atoms with Gasteiger partial charge in [0, 0.05) is 26.9 Å². The molecule has 1 aromatic carbocycles. The molecule has 0 atom stereocenters. The third-order valence-corrected chi connectivity index (χ3v) is 4.09. The van der Waals surface area contributed by atoms with E-state index in [-0.39, 0.29) is 0 Å². The molecule has 0 saturated heterocycles. The quantitative estimate of drug-likeness (QED) is 0.713. The molecular weight excluding hydrogens is 224 g/mol. The summed E-state index contributed by atoms with van der Waals surface area (Å²) < 4.78 is 21.2. The van der Waals surface area contributed by atoms with E-state index in [0.29, 0.717) is 5.75 Å². The molecule has 0 heterocycles. The topological polar surface area (TPSA) is 36.9 Å². The normalized spacial score (nSPS) is 11.2. The molecule has 0 aliphatic carbocycles. The van der Waals surface area contributed by atoms with E-state index >= 15 is 0 Å². The number of para-hydroxylation sites is 1. The summed E-state index contributed by atoms with van der Waals surface area (Å²) >= 11 is 0. The second-order valence-electron chi connectivity index (χ2n) is 2.96. The highest BCUT2D eigenvalue weighted by molar-refractivity contribution is 6.54. The third-order valence-electron chi connectivity index (χ3n) is 2.12. The zero-order chi connectivity index (χ0) is 12.0. The van der Waals surface area contributed by atoms with Crippen molar-refractivity contribution < 1.29 is 17.7 Å². The van der Waals surface area contributed by atoms with Crippen LogP contribution in [0.1, 0.15) is 5.56 Å². The smallest absolute Gasteiger partial charge is 0.479 e. The van der Waals surface area contributed by atoms with E-state index in [1.165, 1.54) is 21.3 Å². The predicted octanol–water partition coefficient (Wildman–Crippen LogP) is 2.08. The molecule has 0 radical (unpaired) electrons. The van der Waals surface area contributed by atoms with Gasteiger partial charge in [0.05, 0.1) is 0 Å². The van der Waals surface area contributed by atoms with Crippen molar-refractivity contribution in [1.82, 2.24) is 0 Å². The second-order valence-corrected chi connectivity index (χ2v) is 5.39. The molecule has 0 N–H and O–H groups in total. The van der Waals surface area contributed by atoms with Crippen LogP contribution < -0.4 is 4.43 Å². The Balaban J connectivity index is 2.97. The van der Waals surface area contributed by atoms with Crippen LogP contribution in [0, 0.1) is 0 Å². The number of rotatable bonds is 6. The van der Waals surface area contributed by atoms with Crippen molar-refractivity contribution in [3.05, 3.63) is 36.4 Å². The minimum atomic E-state index is -3.05. The van der Waals surface area contributed by atoms with Gasteiger partial charge in [-0.15, -0.1) is 0 Å². The Bertz CT molecular complexity index is 341. The fraction of sp³-hybridized carbons (Fsp3) is 0.273. The van der Waals surface area contributed by atoms with Gasteiger partial charge >= 0.3 is 9.05 Å². The van der Waals surface area contributed by atoms with Gasteiger partial charge in [0.15, 0.2) is 0 Å². The first-order valence-electron chi connectivity index (χ1n) is 4.77. The van der Waals surface area contributed by atoms with E-state index in [4.69, 9.17) is 17.7 Å². The molecule has 16 heavy (non-hydrogen) atoms. The molecule has 1 aromatic rings. The molecule has 0 aliphatic rings. The molecule has 0 fully saturated rings. The Morgan fingerprint density at radius 2 is 1.62 bits per heavy atom. The Labute approximate surface area is 96.9 Å². The highest BCUT2D eigenvalue weighted by Gasteiger charge is 2.45. The zero-order valence-electron chi connectivity index (χ0n) is 9.73. The molecule has 0 saturated carbocycles. The number of hydrogen-bond acceptors (Lipinski definition) is 4. The summed E-state index contributed by atoms with van der Waals surface area (Å²) in [6, 6.07) is 7.47. The van der Waals surface area contributed by atoms with Crippen LogP contribution in [0.15, 0.2) is 30.8 Å². The van der Waals surface area contributed by atoms with Crippen molar-refractivity contribution in [3.63, 3.8) is 0 Å². The maximum atomic E-state index is 5.67. The van der Waals surface area contributed by atoms with Gasteiger partial charge in [0.2, 0.25) is 0 Å². The van der Waals surface area contributed by atoms with Gasteiger partial charge in [-0.3, -0.25) is 0 Å². The van der Waals surface area contributed by atoms with Gasteiger partial charge in [-0.2, -0.15) is 0 Å². The lowest BCUT2D eigenvalue weighted by Crippen LogP contribution is -2.49. The summed E-state index contributed by atoms with van der Waals surface area (Å²) in [6.45, 7) is 3.71. The van der Waals surface area contributed by atoms with Crippen molar-refractivity contribution >= 4 is 15.1 Å². The summed E-state index contributed by atoms with van der Waals surface area (Å²) in [7, 11) is 1.43. The minimum Gasteiger partial charge on any atom is -0.479 e. The van der Waals surface area contributed by atoms with Crippen LogP contribution in [-0.2, 0) is 13.3 Å². The van der Waals surface area contributed by atoms with Gasteiger partial charge in [-0.05, 0) is 6.07 Å². The van der Waals surface area contributed by atoms with E-state index in [9.17, 15) is 0 Å². The van der Waals surface area contributed by atoms with Crippen LogP contribution in [0.3, 0.4) is 0 Å². The standard InChI is InChI=1S/C11H16O4Si/c1-5-10-8-6-7-9-11(10)15-16(12-2,13-3)14-4/h5-9H,1H2,2-4H3. The predicted molar refractivity (Wildman–Crippen MR) is 63.9 cm³/mol. The van der Waals surface area contributed by atoms with E-state index < -0.39 is 9.05 Å². The molecule has 0 aromatic heterocycles. The van der Waals surface area contributed by atoms with Crippen LogP contribution >= 0.6 is 0 Å². The molecule has 0 unspecified atom stereocenters. The summed E-state index contributed by atoms with van der Waals surface area (Å²) in [5, 5.41) is 0. The van der Waals surface area contributed by atoms with E-state index in [0.717, 1.165) is 5.56 Å². The summed E-state index contributed by atoms with van der Waals surface area (Å²) in [5.41, 5.74) is 0.866. The zero-order valence-corrected chi connectivity index (χ0v) is 10.7. The molecule has 1 rings (SSSR count). The number of benzene rings is 1. The average Bonchev–Trinajstić information content (AvgIpc) is 2.36. The van der Waals surface area contributed by atoms with Gasteiger partial charge in [0.25, 0.3) is 0 Å². The fourth-order valence-corrected chi connectivity index (χ4v) is 2.46. The molecule has 4 nitrogen and oxygen atoms in total. The third kappa shape index (κ3) is 2.70. The maximum Gasteiger partial charge on any atom is 0.748 e. The molecule has 0 amide bonds. The maximum absolute atomic E-state index is 5.67. The van der Waals surface area contributed by atoms with Crippen molar-refractivity contribution in [2.45, 2.75) is 0 Å². The first kappa shape index (κ1) is 12.9. The molecule has 0 spiro atoms. The molecule has 88 valence electrons. The van der Waals surface area contributed by atoms with Crippen LogP contribution in [0.25, 0.3) is 6.08 Å². The van der Waals surface area contributed by atoms with Crippen LogP contribution in [0.2, 0.25) is 0 Å². The Hall–Kier alpha value is -1.14. The number of hydrogen-bond donors (Lipinski definition) is 0. The molecular formula is C11H16O4Si. The minimum absolute atomic E-state index is 0.634. The summed E-state index contributed by atoms with van der Waals surface area (Å²) in [4.78, 5) is 0. The lowest BCUT2D eigenvalue weighted by Gasteiger charge is -2.24. The highest BCUT2D eigenvalue weighted by atomic mass is 28.4. The first-order valence-corrected chi connectivity index (χ1v) is 6.40. The van der Waals surface area contributed by atoms with Crippen molar-refractivity contribution in [3.8, 4) is 5.75 Å². The molecule has 0 aliphatic heterocycles. The molecule has 5 heteroatoms. The van der Waals surface area contributed by atoms with Gasteiger partial charge in [-0.1, -0.05) is 30.9 Å². The SMILES string of the molecule is C=Cc1ccccc1O[Si](OC)(OC)OC. The Morgan fingerprint density at radius 3 is 2.12 bits per heavy atom. The monoisotopic (exact) mass is 240 g/mol. The van der Waals surface area contributed by atoms with Crippen LogP contribution in [-0.4, -0.2) is 30.4 Å². The van der Waals surface area contributed by atoms with Crippen molar-refractivity contribution in [2.24, 2.45) is 0 Å². The highest BCUT2D eigenvalue weighted by Crippen LogP contribution is 2.23. The summed E-state index contributed by atoms with van der Waals surface area (Å²) in [5.74, 6) is 0.634. The van der Waals surface area contributed by atoms with Gasteiger partial charge < -0.3 is 17.7 Å². The van der Waals surface area contributed by atoms with Crippen molar-refractivity contribution in [1.29, 1.82) is 0 Å². The van der Waals surface area contributed by atoms with Gasteiger partial charge in [-0.25, -0.2) is 0 Å². The average molecular weight is 240 g/mol. The lowest BCUT2D eigenvalue weighted by atomic mass is 10.2. The van der Waals surface area contributed by atoms with E-state index in [1.807, 2.05) is 24.3 Å². The Morgan fingerprint density at radius 1 is 1.06 bits per heavy atom. The van der Waals surface area contributed by atoms with Crippen LogP contribution in [0.4, 0.5) is 0 Å². The first-order chi connectivity index (χ1) is 7.71. The largest absolute Gasteiger partial charge is 0.748 e. The second kappa shape index (κ2) is 5.81. The van der Waals surface area contributed by atoms with Crippen LogP contribution in [0.5, 0.6) is 5.75 Å². The van der Waals surface area contributed by atoms with E-state index in [2.05, 4.69) is 6.58 Å². The molecule has 0 bridgehead atoms. The summed E-state index contributed by atoms with van der Waals surface area (Å²) in [6.07, 6.45) is 1.70. The Kier molecular flexibility index (Phi) is 4.69. The van der Waals surface area contributed by atoms with Crippen molar-refractivity contribution in [2.75, 3.05) is 21.3 Å². The lowest BCUT2D eigenvalue weighted by molar-refractivity contribution is 0.0510.